The molecule has 16 aromatic rings. The average Bonchev–Trinajstić information content (AvgIpc) is 0.729. The number of rotatable bonds is 16. The molecule has 0 fully saturated rings. The first-order valence-electron chi connectivity index (χ1n) is 35.1. The summed E-state index contributed by atoms with van der Waals surface area (Å²) in [4.78, 5) is 0. The molecule has 16 aromatic carbocycles. The molecule has 0 aliphatic carbocycles. The molecular weight excluding hydrogens is 1320 g/mol. The molecule has 0 atom stereocenters. The van der Waals surface area contributed by atoms with Crippen LogP contribution in [0.15, 0.2) is 364 Å². The summed E-state index contributed by atoms with van der Waals surface area (Å²) in [5.74, 6) is 0. The third kappa shape index (κ3) is 13.6. The maximum absolute atomic E-state index is 4.68. The molecule has 0 bridgehead atoms. The Morgan fingerprint density at radius 1 is 0.178 bits per heavy atom. The molecule has 0 heterocycles. The number of aryl methyl sites for hydroxylation is 4. The van der Waals surface area contributed by atoms with Gasteiger partial charge in [-0.1, -0.05) is 0 Å². The van der Waals surface area contributed by atoms with Crippen LogP contribution in [0.1, 0.15) is 89.0 Å². The molecule has 0 saturated carbocycles. The van der Waals surface area contributed by atoms with Gasteiger partial charge < -0.3 is 0 Å². The average molecular weight is 1400 g/mol. The molecule has 480 valence electrons. The number of hydrogen-bond acceptors (Lipinski definition) is 0. The van der Waals surface area contributed by atoms with Crippen LogP contribution in [-0.4, -0.2) is 18.4 Å². The molecule has 0 spiro atoms. The Labute approximate surface area is 598 Å². The van der Waals surface area contributed by atoms with Gasteiger partial charge in [0.25, 0.3) is 0 Å². The van der Waals surface area contributed by atoms with Crippen LogP contribution in [-0.2, 0) is 0 Å². The van der Waals surface area contributed by atoms with E-state index >= 15 is 0 Å². The summed E-state index contributed by atoms with van der Waals surface area (Å²) >= 11 is -4.68. The summed E-state index contributed by atoms with van der Waals surface area (Å²) in [6.45, 7) is 8.64. The minimum absolute atomic E-state index is 1.16. The first-order valence-corrected chi connectivity index (χ1v) is 40.9. The van der Waals surface area contributed by atoms with Crippen molar-refractivity contribution < 1.29 is 0 Å². The normalized spacial score (nSPS) is 12.9. The molecule has 0 aliphatic heterocycles. The summed E-state index contributed by atoms with van der Waals surface area (Å²) in [6.07, 6.45) is 9.49. The Balaban J connectivity index is 0.934. The standard InChI is InChI=1S/4C25H19.Sn/c4*1-19-11-13-20(14-12-19)17-25(22-8-3-2-4-9-22)24-16-15-21-7-5-6-10-23(21)18-24;/h4*3-18H,1H3;. The Morgan fingerprint density at radius 3 is 0.554 bits per heavy atom. The van der Waals surface area contributed by atoms with E-state index in [0.29, 0.717) is 0 Å². The second-order valence-corrected chi connectivity index (χ2v) is 38.1. The molecule has 0 amide bonds. The van der Waals surface area contributed by atoms with Crippen LogP contribution in [0.4, 0.5) is 0 Å². The van der Waals surface area contributed by atoms with E-state index in [4.69, 9.17) is 0 Å². The van der Waals surface area contributed by atoms with E-state index in [9.17, 15) is 0 Å². The van der Waals surface area contributed by atoms with E-state index in [1.54, 1.807) is 0 Å². The zero-order chi connectivity index (χ0) is 68.2. The summed E-state index contributed by atoms with van der Waals surface area (Å²) < 4.78 is 5.40. The number of fused-ring (bicyclic) bond motifs is 4. The molecule has 0 N–H and O–H groups in total. The van der Waals surface area contributed by atoms with Gasteiger partial charge in [0.2, 0.25) is 0 Å². The van der Waals surface area contributed by atoms with E-state index in [-0.39, 0.29) is 0 Å². The van der Waals surface area contributed by atoms with Gasteiger partial charge in [-0.15, -0.1) is 0 Å². The molecule has 101 heavy (non-hydrogen) atoms. The van der Waals surface area contributed by atoms with Crippen molar-refractivity contribution >= 4 is 122 Å². The van der Waals surface area contributed by atoms with E-state index < -0.39 is 18.4 Å². The summed E-state index contributed by atoms with van der Waals surface area (Å²) in [6, 6.07) is 137. The number of hydrogen-bond donors (Lipinski definition) is 0. The van der Waals surface area contributed by atoms with E-state index in [1.165, 1.54) is 124 Å². The van der Waals surface area contributed by atoms with Crippen molar-refractivity contribution in [3.63, 3.8) is 0 Å². The summed E-state index contributed by atoms with van der Waals surface area (Å²) in [7, 11) is 0. The van der Waals surface area contributed by atoms with Gasteiger partial charge in [0, 0.05) is 0 Å². The van der Waals surface area contributed by atoms with Gasteiger partial charge in [-0.3, -0.25) is 0 Å². The Hall–Kier alpha value is -11.7. The second-order valence-electron chi connectivity index (χ2n) is 27.2. The van der Waals surface area contributed by atoms with Crippen LogP contribution in [0.25, 0.3) is 89.7 Å². The van der Waals surface area contributed by atoms with Crippen LogP contribution in [0.2, 0.25) is 0 Å². The van der Waals surface area contributed by atoms with Gasteiger partial charge in [-0.2, -0.15) is 0 Å². The first-order chi connectivity index (χ1) is 49.6. The Kier molecular flexibility index (Phi) is 17.9. The van der Waals surface area contributed by atoms with Gasteiger partial charge in [0.1, 0.15) is 0 Å². The SMILES string of the molecule is Cc1ccc(C=C(c2cc[c]([Sn]([c]3ccc(C(=Cc4ccc(C)cc4)c4ccc5ccccc5c4)cc3)([c]3ccc(C(=Cc4ccc(C)cc4)c4ccc5ccccc5c4)cc3)[c]3ccc(C(=Cc4ccc(C)cc4)c4ccc5ccccc5c4)cc3)cc2)c2ccc3ccccc3c2)cc1. The van der Waals surface area contributed by atoms with E-state index in [1.807, 2.05) is 0 Å². The van der Waals surface area contributed by atoms with Gasteiger partial charge in [-0.05, 0) is 0 Å². The van der Waals surface area contributed by atoms with E-state index in [2.05, 4.69) is 416 Å². The molecule has 0 nitrogen and oxygen atoms in total. The summed E-state index contributed by atoms with van der Waals surface area (Å²) in [5.41, 5.74) is 23.7. The molecule has 1 heteroatoms. The van der Waals surface area contributed by atoms with Crippen LogP contribution >= 0.6 is 0 Å². The molecule has 0 unspecified atom stereocenters. The predicted molar refractivity (Wildman–Crippen MR) is 438 cm³/mol. The second kappa shape index (κ2) is 28.3. The maximum atomic E-state index is 2.50. The van der Waals surface area contributed by atoms with Crippen molar-refractivity contribution in [3.05, 3.63) is 453 Å². The van der Waals surface area contributed by atoms with Gasteiger partial charge in [0.05, 0.1) is 0 Å². The number of benzene rings is 16. The fraction of sp³-hybridized carbons (Fsp3) is 0.0400. The van der Waals surface area contributed by atoms with Crippen LogP contribution in [0.5, 0.6) is 0 Å². The van der Waals surface area contributed by atoms with Crippen molar-refractivity contribution in [1.29, 1.82) is 0 Å². The molecule has 0 radical (unpaired) electrons. The fourth-order valence-corrected chi connectivity index (χ4v) is 28.0. The minimum atomic E-state index is -4.68. The predicted octanol–water partition coefficient (Wildman–Crippen LogP) is 23.3. The fourth-order valence-electron chi connectivity index (χ4n) is 14.7. The molecule has 0 aliphatic rings. The van der Waals surface area contributed by atoms with Crippen LogP contribution < -0.4 is 14.3 Å². The molecule has 0 saturated heterocycles. The van der Waals surface area contributed by atoms with Crippen LogP contribution in [0.3, 0.4) is 0 Å². The van der Waals surface area contributed by atoms with Crippen molar-refractivity contribution in [1.82, 2.24) is 0 Å². The zero-order valence-electron chi connectivity index (χ0n) is 57.5. The first kappa shape index (κ1) is 64.0. The molecule has 16 rings (SSSR count). The monoisotopic (exact) mass is 1400 g/mol. The zero-order valence-corrected chi connectivity index (χ0v) is 60.3. The topological polar surface area (TPSA) is 0 Å². The van der Waals surface area contributed by atoms with E-state index in [0.717, 1.165) is 44.5 Å². The summed E-state index contributed by atoms with van der Waals surface area (Å²) in [5, 5.41) is 9.77. The van der Waals surface area contributed by atoms with Crippen molar-refractivity contribution in [2.45, 2.75) is 27.7 Å². The quantitative estimate of drug-likeness (QED) is 0.0668. The molecule has 0 aromatic heterocycles. The van der Waals surface area contributed by atoms with Gasteiger partial charge >= 0.3 is 603 Å². The van der Waals surface area contributed by atoms with Crippen molar-refractivity contribution in [2.24, 2.45) is 0 Å². The molecular formula is C100H76Sn. The third-order valence-electron chi connectivity index (χ3n) is 20.3. The van der Waals surface area contributed by atoms with Gasteiger partial charge in [0.15, 0.2) is 0 Å². The van der Waals surface area contributed by atoms with Crippen LogP contribution in [0, 0.1) is 27.7 Å². The third-order valence-corrected chi connectivity index (χ3v) is 34.0. The van der Waals surface area contributed by atoms with Crippen molar-refractivity contribution in [3.8, 4) is 0 Å². The van der Waals surface area contributed by atoms with Crippen molar-refractivity contribution in [2.75, 3.05) is 0 Å². The Bertz CT molecular complexity index is 5090. The van der Waals surface area contributed by atoms with Gasteiger partial charge in [-0.25, -0.2) is 0 Å². The Morgan fingerprint density at radius 2 is 0.356 bits per heavy atom.